The van der Waals surface area contributed by atoms with Crippen LogP contribution in [0.4, 0.5) is 0 Å². The molecule has 0 amide bonds. The number of hydrogen-bond acceptors (Lipinski definition) is 11. The van der Waals surface area contributed by atoms with Gasteiger partial charge < -0.3 is 42.5 Å². The van der Waals surface area contributed by atoms with Crippen LogP contribution < -0.4 is 0 Å². The van der Waals surface area contributed by atoms with E-state index in [2.05, 4.69) is 13.0 Å². The van der Waals surface area contributed by atoms with Gasteiger partial charge in [-0.1, -0.05) is 51.2 Å². The maximum atomic E-state index is 12.9. The first kappa shape index (κ1) is 50.4. The van der Waals surface area contributed by atoms with Crippen molar-refractivity contribution in [2.45, 2.75) is 168 Å². The van der Waals surface area contributed by atoms with Crippen molar-refractivity contribution >= 4 is 23.9 Å². The Morgan fingerprint density at radius 3 is 1.95 bits per heavy atom. The first-order valence-corrected chi connectivity index (χ1v) is 20.6. The Kier molecular flexibility index (Phi) is 22.9. The maximum Gasteiger partial charge on any atom is 0.362 e. The molecule has 0 aromatic heterocycles. The number of carbonyl (C=O) groups is 4. The SMILES string of the molecule is CCCCCC(OC(=O)C[N+](C)(C)CCOC1OC1C)C(O)CC=CCCCCCCCC(=O)OC(C)(C)CC(C)(C)OC(=O)C[N+](C)(C)CCOC(C)=O. The van der Waals surface area contributed by atoms with Gasteiger partial charge in [-0.2, -0.15) is 0 Å². The van der Waals surface area contributed by atoms with E-state index in [0.717, 1.165) is 57.8 Å². The number of rotatable bonds is 31. The topological polar surface area (TPSA) is 147 Å². The van der Waals surface area contributed by atoms with E-state index < -0.39 is 23.4 Å². The monoisotopic (exact) mass is 787 g/mol. The van der Waals surface area contributed by atoms with Crippen LogP contribution in [0.15, 0.2) is 12.2 Å². The highest BCUT2D eigenvalue weighted by molar-refractivity contribution is 5.71. The molecule has 4 atom stereocenters. The number of ether oxygens (including phenoxy) is 6. The van der Waals surface area contributed by atoms with Gasteiger partial charge in [-0.3, -0.25) is 9.59 Å². The molecule has 0 radical (unpaired) electrons. The summed E-state index contributed by atoms with van der Waals surface area (Å²) in [4.78, 5) is 49.2. The van der Waals surface area contributed by atoms with E-state index >= 15 is 0 Å². The summed E-state index contributed by atoms with van der Waals surface area (Å²) >= 11 is 0. The Hall–Kier alpha value is -2.58. The normalized spacial score (nSPS) is 17.5. The van der Waals surface area contributed by atoms with Crippen molar-refractivity contribution in [1.29, 1.82) is 0 Å². The number of hydrogen-bond donors (Lipinski definition) is 1. The number of carbonyl (C=O) groups excluding carboxylic acids is 4. The lowest BCUT2D eigenvalue weighted by Crippen LogP contribution is -2.48. The number of esters is 4. The van der Waals surface area contributed by atoms with Crippen LogP contribution in [0.2, 0.25) is 0 Å². The van der Waals surface area contributed by atoms with Crippen LogP contribution in [-0.4, -0.2) is 141 Å². The summed E-state index contributed by atoms with van der Waals surface area (Å²) in [7, 11) is 7.68. The largest absolute Gasteiger partial charge is 0.460 e. The van der Waals surface area contributed by atoms with Crippen molar-refractivity contribution in [1.82, 2.24) is 0 Å². The van der Waals surface area contributed by atoms with Gasteiger partial charge in [0.25, 0.3) is 0 Å². The summed E-state index contributed by atoms with van der Waals surface area (Å²) < 4.78 is 34.1. The van der Waals surface area contributed by atoms with Gasteiger partial charge in [-0.05, 0) is 73.1 Å². The van der Waals surface area contributed by atoms with Crippen LogP contribution in [0.1, 0.15) is 132 Å². The third-order valence-corrected chi connectivity index (χ3v) is 9.48. The van der Waals surface area contributed by atoms with Crippen molar-refractivity contribution < 1.29 is 61.7 Å². The zero-order chi connectivity index (χ0) is 41.7. The van der Waals surface area contributed by atoms with Gasteiger partial charge >= 0.3 is 23.9 Å². The van der Waals surface area contributed by atoms with Crippen LogP contribution in [0.5, 0.6) is 0 Å². The van der Waals surface area contributed by atoms with Crippen LogP contribution in [0.25, 0.3) is 0 Å². The van der Waals surface area contributed by atoms with Gasteiger partial charge in [0, 0.05) is 19.8 Å². The van der Waals surface area contributed by atoms with Crippen LogP contribution >= 0.6 is 0 Å². The number of aliphatic hydroxyl groups is 1. The summed E-state index contributed by atoms with van der Waals surface area (Å²) in [6, 6.07) is 0. The number of epoxide rings is 1. The first-order chi connectivity index (χ1) is 25.6. The molecule has 320 valence electrons. The highest BCUT2D eigenvalue weighted by Crippen LogP contribution is 2.28. The van der Waals surface area contributed by atoms with Crippen molar-refractivity contribution in [3.63, 3.8) is 0 Å². The summed E-state index contributed by atoms with van der Waals surface area (Å²) in [5, 5.41) is 10.9. The quantitative estimate of drug-likeness (QED) is 0.0220. The minimum Gasteiger partial charge on any atom is -0.460 e. The molecule has 4 unspecified atom stereocenters. The minimum absolute atomic E-state index is 0.121. The van der Waals surface area contributed by atoms with E-state index in [0.29, 0.717) is 54.3 Å². The van der Waals surface area contributed by atoms with Crippen molar-refractivity contribution in [3.05, 3.63) is 12.2 Å². The zero-order valence-corrected chi connectivity index (χ0v) is 36.3. The Morgan fingerprint density at radius 2 is 1.35 bits per heavy atom. The lowest BCUT2D eigenvalue weighted by Gasteiger charge is -2.35. The fraction of sp³-hybridized carbons (Fsp3) is 0.857. The van der Waals surface area contributed by atoms with E-state index in [4.69, 9.17) is 28.4 Å². The van der Waals surface area contributed by atoms with Gasteiger partial charge in [0.1, 0.15) is 43.1 Å². The summed E-state index contributed by atoms with van der Waals surface area (Å²) in [6.45, 7) is 14.9. The summed E-state index contributed by atoms with van der Waals surface area (Å²) in [6.07, 6.45) is 13.1. The number of allylic oxidation sites excluding steroid dienone is 1. The Balaban J connectivity index is 2.32. The predicted molar refractivity (Wildman–Crippen MR) is 212 cm³/mol. The standard InChI is InChI=1S/C42H78N2O11/c1-12-13-20-24-36(53-38(48)30-43(8,9)27-29-51-40-33(2)52-40)35(46)23-21-18-16-14-15-17-19-22-25-37(47)54-41(4,5)32-42(6,7)55-39(49)31-44(10,11)26-28-50-34(3)45/h18,21,33,35-36,40,46H,12-17,19-20,22-32H2,1-11H3/q+2. The zero-order valence-electron chi connectivity index (χ0n) is 36.3. The highest BCUT2D eigenvalue weighted by Gasteiger charge is 2.37. The third-order valence-electron chi connectivity index (χ3n) is 9.48. The van der Waals surface area contributed by atoms with Crippen molar-refractivity contribution in [2.24, 2.45) is 0 Å². The minimum atomic E-state index is -0.843. The molecule has 55 heavy (non-hydrogen) atoms. The molecule has 13 nitrogen and oxygen atoms in total. The van der Waals surface area contributed by atoms with Gasteiger partial charge in [0.15, 0.2) is 19.4 Å². The molecule has 0 bridgehead atoms. The first-order valence-electron chi connectivity index (χ1n) is 20.6. The van der Waals surface area contributed by atoms with Gasteiger partial charge in [-0.25, -0.2) is 9.59 Å². The lowest BCUT2D eigenvalue weighted by molar-refractivity contribution is -0.883. The lowest BCUT2D eigenvalue weighted by atomic mass is 9.92. The van der Waals surface area contributed by atoms with E-state index in [9.17, 15) is 24.3 Å². The maximum absolute atomic E-state index is 12.9. The molecule has 1 heterocycles. The highest BCUT2D eigenvalue weighted by atomic mass is 16.8. The van der Waals surface area contributed by atoms with Crippen molar-refractivity contribution in [2.75, 3.05) is 67.6 Å². The molecule has 0 spiro atoms. The molecule has 1 N–H and O–H groups in total. The van der Waals surface area contributed by atoms with Gasteiger partial charge in [0.2, 0.25) is 0 Å². The molecule has 0 aromatic rings. The average molecular weight is 787 g/mol. The molecule has 1 rings (SSSR count). The fourth-order valence-electron chi connectivity index (χ4n) is 6.55. The number of aliphatic hydroxyl groups excluding tert-OH is 1. The second-order valence-corrected chi connectivity index (χ2v) is 17.8. The molecule has 0 saturated carbocycles. The number of unbranched alkanes of at least 4 members (excludes halogenated alkanes) is 7. The van der Waals surface area contributed by atoms with Gasteiger partial charge in [0.05, 0.1) is 40.9 Å². The molecular formula is C42H78N2O11+2. The molecule has 1 fully saturated rings. The number of likely N-dealkylation sites (N-methyl/N-ethyl adjacent to an activating group) is 2. The molecule has 13 heteroatoms. The van der Waals surface area contributed by atoms with Crippen molar-refractivity contribution in [3.8, 4) is 0 Å². The van der Waals surface area contributed by atoms with Gasteiger partial charge in [-0.15, -0.1) is 0 Å². The Morgan fingerprint density at radius 1 is 0.782 bits per heavy atom. The van der Waals surface area contributed by atoms with E-state index in [1.165, 1.54) is 6.92 Å². The Bertz CT molecular complexity index is 1180. The molecule has 1 aliphatic heterocycles. The Labute approximate surface area is 332 Å². The molecule has 1 aliphatic rings. The number of quaternary nitrogens is 2. The fourth-order valence-corrected chi connectivity index (χ4v) is 6.55. The summed E-state index contributed by atoms with van der Waals surface area (Å²) in [5.74, 6) is -1.30. The third kappa shape index (κ3) is 26.1. The smallest absolute Gasteiger partial charge is 0.362 e. The van der Waals surface area contributed by atoms with E-state index in [1.807, 2.05) is 68.9 Å². The van der Waals surface area contributed by atoms with Crippen LogP contribution in [0, 0.1) is 0 Å². The molecule has 1 saturated heterocycles. The number of nitrogens with zero attached hydrogens (tertiary/aromatic N) is 2. The molecule has 0 aliphatic carbocycles. The van der Waals surface area contributed by atoms with Crippen LogP contribution in [0.3, 0.4) is 0 Å². The van der Waals surface area contributed by atoms with E-state index in [-0.39, 0.29) is 56.0 Å². The second kappa shape index (κ2) is 24.9. The predicted octanol–water partition coefficient (Wildman–Crippen LogP) is 6.03. The van der Waals surface area contributed by atoms with E-state index in [1.54, 1.807) is 0 Å². The van der Waals surface area contributed by atoms with Crippen LogP contribution in [-0.2, 0) is 47.6 Å². The average Bonchev–Trinajstić information content (AvgIpc) is 3.73. The summed E-state index contributed by atoms with van der Waals surface area (Å²) in [5.41, 5.74) is -1.65. The second-order valence-electron chi connectivity index (χ2n) is 17.8. The molecule has 0 aromatic carbocycles. The molecular weight excluding hydrogens is 708 g/mol.